The van der Waals surface area contributed by atoms with Gasteiger partial charge in [-0.05, 0) is 31.2 Å². The molecular weight excluding hydrogens is 216 g/mol. The predicted molar refractivity (Wildman–Crippen MR) is 65.6 cm³/mol. The predicted octanol–water partition coefficient (Wildman–Crippen LogP) is 0.751. The fourth-order valence-electron chi connectivity index (χ4n) is 3.07. The van der Waals surface area contributed by atoms with E-state index in [2.05, 4.69) is 9.88 Å². The molecule has 90 valence electrons. The second kappa shape index (κ2) is 3.61. The van der Waals surface area contributed by atoms with E-state index in [9.17, 15) is 4.79 Å². The van der Waals surface area contributed by atoms with Crippen molar-refractivity contribution >= 4 is 17.4 Å². The molecule has 4 N–H and O–H groups in total. The number of rotatable bonds is 2. The van der Waals surface area contributed by atoms with Gasteiger partial charge >= 0.3 is 0 Å². The lowest BCUT2D eigenvalue weighted by molar-refractivity contribution is 0.100. The third-order valence-electron chi connectivity index (χ3n) is 3.83. The van der Waals surface area contributed by atoms with Crippen molar-refractivity contribution in [1.82, 2.24) is 4.98 Å². The minimum absolute atomic E-state index is 0.442. The lowest BCUT2D eigenvalue weighted by Crippen LogP contribution is -2.34. The molecule has 1 aliphatic heterocycles. The van der Waals surface area contributed by atoms with Gasteiger partial charge in [0.2, 0.25) is 0 Å². The first kappa shape index (κ1) is 10.4. The Bertz CT molecular complexity index is 474. The highest BCUT2D eigenvalue weighted by Crippen LogP contribution is 2.40. The summed E-state index contributed by atoms with van der Waals surface area (Å²) in [6.07, 6.45) is 5.29. The van der Waals surface area contributed by atoms with Gasteiger partial charge in [0.25, 0.3) is 5.91 Å². The van der Waals surface area contributed by atoms with Gasteiger partial charge in [-0.15, -0.1) is 0 Å². The van der Waals surface area contributed by atoms with Crippen LogP contribution in [-0.4, -0.2) is 23.5 Å². The monoisotopic (exact) mass is 232 g/mol. The van der Waals surface area contributed by atoms with Crippen LogP contribution >= 0.6 is 0 Å². The van der Waals surface area contributed by atoms with Crippen LogP contribution < -0.4 is 16.4 Å². The molecule has 2 heterocycles. The number of pyridine rings is 1. The van der Waals surface area contributed by atoms with Gasteiger partial charge in [0, 0.05) is 12.6 Å². The minimum atomic E-state index is -0.456. The van der Waals surface area contributed by atoms with Crippen molar-refractivity contribution < 1.29 is 4.79 Å². The highest BCUT2D eigenvalue weighted by atomic mass is 16.1. The van der Waals surface area contributed by atoms with Crippen molar-refractivity contribution in [2.75, 3.05) is 17.2 Å². The fraction of sp³-hybridized carbons (Fsp3) is 0.500. The molecule has 1 saturated heterocycles. The second-order valence-corrected chi connectivity index (χ2v) is 4.99. The van der Waals surface area contributed by atoms with Gasteiger partial charge in [-0.25, -0.2) is 4.98 Å². The highest BCUT2D eigenvalue weighted by molar-refractivity contribution is 5.98. The fourth-order valence-corrected chi connectivity index (χ4v) is 3.07. The van der Waals surface area contributed by atoms with Gasteiger partial charge in [-0.1, -0.05) is 0 Å². The minimum Gasteiger partial charge on any atom is -0.397 e. The van der Waals surface area contributed by atoms with Crippen LogP contribution in [-0.2, 0) is 0 Å². The zero-order valence-electron chi connectivity index (χ0n) is 9.60. The maximum absolute atomic E-state index is 11.4. The molecule has 1 aromatic rings. The molecule has 0 aromatic carbocycles. The Morgan fingerprint density at radius 3 is 2.88 bits per heavy atom. The molecule has 2 aliphatic rings. The summed E-state index contributed by atoms with van der Waals surface area (Å²) in [5.74, 6) is 1.00. The summed E-state index contributed by atoms with van der Waals surface area (Å²) >= 11 is 0. The molecule has 5 heteroatoms. The van der Waals surface area contributed by atoms with Gasteiger partial charge in [-0.2, -0.15) is 0 Å². The number of nitrogens with two attached hydrogens (primary N) is 2. The van der Waals surface area contributed by atoms with Crippen molar-refractivity contribution in [2.24, 2.45) is 11.7 Å². The number of piperidine rings is 1. The lowest BCUT2D eigenvalue weighted by Gasteiger charge is -2.29. The lowest BCUT2D eigenvalue weighted by atomic mass is 10.1. The number of nitrogens with zero attached hydrogens (tertiary/aromatic N) is 2. The maximum atomic E-state index is 11.4. The first-order valence-corrected chi connectivity index (χ1v) is 5.97. The van der Waals surface area contributed by atoms with Crippen molar-refractivity contribution in [3.63, 3.8) is 0 Å². The normalized spacial score (nSPS) is 26.5. The van der Waals surface area contributed by atoms with Crippen molar-refractivity contribution in [2.45, 2.75) is 25.3 Å². The van der Waals surface area contributed by atoms with Crippen LogP contribution in [0.5, 0.6) is 0 Å². The second-order valence-electron chi connectivity index (χ2n) is 4.99. The summed E-state index contributed by atoms with van der Waals surface area (Å²) in [6, 6.07) is 2.14. The molecule has 0 radical (unpaired) electrons. The summed E-state index contributed by atoms with van der Waals surface area (Å²) in [4.78, 5) is 18.0. The number of primary amides is 1. The van der Waals surface area contributed by atoms with E-state index >= 15 is 0 Å². The number of carbonyl (C=O) groups excluding carboxylic acids is 1. The maximum Gasteiger partial charge on any atom is 0.252 e. The Kier molecular flexibility index (Phi) is 2.21. The van der Waals surface area contributed by atoms with Gasteiger partial charge < -0.3 is 16.4 Å². The Hall–Kier alpha value is -1.78. The van der Waals surface area contributed by atoms with Crippen molar-refractivity contribution in [1.29, 1.82) is 0 Å². The number of amides is 1. The van der Waals surface area contributed by atoms with Gasteiger partial charge in [0.05, 0.1) is 17.4 Å². The molecule has 2 atom stereocenters. The number of fused-ring (bicyclic) bond motifs is 2. The first-order valence-electron chi connectivity index (χ1n) is 5.97. The average molecular weight is 232 g/mol. The number of hydrogen-bond donors (Lipinski definition) is 2. The summed E-state index contributed by atoms with van der Waals surface area (Å²) < 4.78 is 0. The average Bonchev–Trinajstić information content (AvgIpc) is 2.90. The summed E-state index contributed by atoms with van der Waals surface area (Å²) in [7, 11) is 0. The van der Waals surface area contributed by atoms with Crippen molar-refractivity contribution in [3.8, 4) is 0 Å². The van der Waals surface area contributed by atoms with Crippen LogP contribution in [0.3, 0.4) is 0 Å². The number of carbonyl (C=O) groups is 1. The van der Waals surface area contributed by atoms with E-state index in [1.165, 1.54) is 19.3 Å². The molecule has 17 heavy (non-hydrogen) atoms. The van der Waals surface area contributed by atoms with E-state index in [-0.39, 0.29) is 0 Å². The molecule has 2 unspecified atom stereocenters. The zero-order chi connectivity index (χ0) is 12.0. The largest absolute Gasteiger partial charge is 0.397 e. The quantitative estimate of drug-likeness (QED) is 0.788. The Labute approximate surface area is 99.8 Å². The molecule has 5 nitrogen and oxygen atoms in total. The standard InChI is InChI=1S/C12H16N4O/c13-8-4-10(11(14)17)12(15-5-8)16-6-7-1-2-9(16)3-7/h4-5,7,9H,1-3,6,13H2,(H2,14,17). The number of hydrogen-bond acceptors (Lipinski definition) is 4. The number of nitrogen functional groups attached to an aromatic ring is 1. The van der Waals surface area contributed by atoms with E-state index in [4.69, 9.17) is 11.5 Å². The molecule has 0 spiro atoms. The van der Waals surface area contributed by atoms with Crippen LogP contribution in [0.1, 0.15) is 29.6 Å². The molecule has 2 fully saturated rings. The summed E-state index contributed by atoms with van der Waals surface area (Å²) in [5, 5.41) is 0. The molecule has 1 saturated carbocycles. The molecule has 1 amide bonds. The Morgan fingerprint density at radius 1 is 1.47 bits per heavy atom. The number of anilines is 2. The van der Waals surface area contributed by atoms with E-state index in [1.54, 1.807) is 12.3 Å². The van der Waals surface area contributed by atoms with Crippen LogP contribution in [0.15, 0.2) is 12.3 Å². The van der Waals surface area contributed by atoms with Crippen molar-refractivity contribution in [3.05, 3.63) is 17.8 Å². The summed E-state index contributed by atoms with van der Waals surface area (Å²) in [5.41, 5.74) is 12.0. The Morgan fingerprint density at radius 2 is 2.29 bits per heavy atom. The SMILES string of the molecule is NC(=O)c1cc(N)cnc1N1CC2CCC1C2. The Balaban J connectivity index is 2.00. The molecule has 2 bridgehead atoms. The summed E-state index contributed by atoms with van der Waals surface area (Å²) in [6.45, 7) is 0.988. The zero-order valence-corrected chi connectivity index (χ0v) is 9.60. The molecular formula is C12H16N4O. The van der Waals surface area contributed by atoms with Crippen LogP contribution in [0.4, 0.5) is 11.5 Å². The van der Waals surface area contributed by atoms with Crippen LogP contribution in [0, 0.1) is 5.92 Å². The van der Waals surface area contributed by atoms with Gasteiger partial charge in [0.1, 0.15) is 5.82 Å². The smallest absolute Gasteiger partial charge is 0.252 e. The highest BCUT2D eigenvalue weighted by Gasteiger charge is 2.39. The van der Waals surface area contributed by atoms with E-state index in [0.717, 1.165) is 12.5 Å². The molecule has 1 aliphatic carbocycles. The van der Waals surface area contributed by atoms with Crippen LogP contribution in [0.25, 0.3) is 0 Å². The topological polar surface area (TPSA) is 85.2 Å². The first-order chi connectivity index (χ1) is 8.15. The van der Waals surface area contributed by atoms with E-state index < -0.39 is 5.91 Å². The third kappa shape index (κ3) is 1.62. The van der Waals surface area contributed by atoms with Crippen LogP contribution in [0.2, 0.25) is 0 Å². The molecule has 3 rings (SSSR count). The molecule has 1 aromatic heterocycles. The third-order valence-corrected chi connectivity index (χ3v) is 3.83. The van der Waals surface area contributed by atoms with E-state index in [0.29, 0.717) is 23.1 Å². The number of aromatic nitrogens is 1. The van der Waals surface area contributed by atoms with Gasteiger partial charge in [0.15, 0.2) is 0 Å². The van der Waals surface area contributed by atoms with E-state index in [1.807, 2.05) is 0 Å². The van der Waals surface area contributed by atoms with Gasteiger partial charge in [-0.3, -0.25) is 4.79 Å².